The Morgan fingerprint density at radius 1 is 1.04 bits per heavy atom. The molecule has 1 aromatic carbocycles. The minimum absolute atomic E-state index is 0. The van der Waals surface area contributed by atoms with Crippen molar-refractivity contribution in [2.45, 2.75) is 30.6 Å². The molecular formula is C15H11Cl2F6N3O. The van der Waals surface area contributed by atoms with E-state index in [2.05, 4.69) is 4.98 Å². The summed E-state index contributed by atoms with van der Waals surface area (Å²) in [5.74, 6) is -18.8. The Morgan fingerprint density at radius 3 is 2.11 bits per heavy atom. The van der Waals surface area contributed by atoms with Crippen LogP contribution in [0.25, 0.3) is 4.98 Å². The van der Waals surface area contributed by atoms with Gasteiger partial charge in [0.2, 0.25) is 11.2 Å². The van der Waals surface area contributed by atoms with Crippen LogP contribution in [0, 0.1) is 5.39 Å². The van der Waals surface area contributed by atoms with Gasteiger partial charge in [0.05, 0.1) is 11.8 Å². The number of allylic oxidation sites excluding steroid dienone is 2. The fourth-order valence-electron chi connectivity index (χ4n) is 2.84. The normalized spacial score (nSPS) is 22.4. The summed E-state index contributed by atoms with van der Waals surface area (Å²) in [6, 6.07) is 3.65. The van der Waals surface area contributed by atoms with Crippen molar-refractivity contribution >= 4 is 23.0 Å². The number of alkyl halides is 6. The molecule has 1 fully saturated rings. The van der Waals surface area contributed by atoms with Gasteiger partial charge in [0, 0.05) is 19.2 Å². The summed E-state index contributed by atoms with van der Waals surface area (Å²) in [6.45, 7) is 1.06. The molecule has 0 radical (unpaired) electrons. The molecule has 0 aromatic heterocycles. The number of ether oxygens (including phenoxy) is 1. The second-order valence-electron chi connectivity index (χ2n) is 5.91. The van der Waals surface area contributed by atoms with Gasteiger partial charge in [-0.15, -0.1) is 0 Å². The van der Waals surface area contributed by atoms with Gasteiger partial charge in [-0.25, -0.2) is 0 Å². The van der Waals surface area contributed by atoms with Crippen LogP contribution < -0.4 is 22.0 Å². The Kier molecular flexibility index (Phi) is 5.52. The molecule has 0 unspecified atom stereocenters. The van der Waals surface area contributed by atoms with Crippen LogP contribution in [-0.2, 0) is 0 Å². The van der Waals surface area contributed by atoms with E-state index in [1.807, 2.05) is 0 Å². The summed E-state index contributed by atoms with van der Waals surface area (Å²) in [6.07, 6.45) is 1.59. The number of diazo groups is 1. The third-order valence-electron chi connectivity index (χ3n) is 4.27. The molecule has 1 aromatic rings. The van der Waals surface area contributed by atoms with E-state index < -0.39 is 34.3 Å². The average Bonchev–Trinajstić information content (AvgIpc) is 3.14. The van der Waals surface area contributed by atoms with Crippen LogP contribution in [0.4, 0.5) is 37.7 Å². The molecule has 12 heteroatoms. The van der Waals surface area contributed by atoms with Crippen LogP contribution >= 0.6 is 11.6 Å². The van der Waals surface area contributed by atoms with Gasteiger partial charge in [0.1, 0.15) is 5.03 Å². The highest BCUT2D eigenvalue weighted by Gasteiger charge is 2.81. The van der Waals surface area contributed by atoms with Gasteiger partial charge in [-0.1, -0.05) is 11.6 Å². The molecule has 27 heavy (non-hydrogen) atoms. The van der Waals surface area contributed by atoms with Crippen LogP contribution in [0.15, 0.2) is 29.0 Å². The van der Waals surface area contributed by atoms with Gasteiger partial charge in [0.15, 0.2) is 10.7 Å². The summed E-state index contributed by atoms with van der Waals surface area (Å²) < 4.78 is 86.7. The van der Waals surface area contributed by atoms with Crippen molar-refractivity contribution < 1.29 is 43.5 Å². The minimum Gasteiger partial charge on any atom is -1.00 e. The first-order valence-corrected chi connectivity index (χ1v) is 7.88. The first kappa shape index (κ1) is 21.4. The highest BCUT2D eigenvalue weighted by Crippen LogP contribution is 2.60. The van der Waals surface area contributed by atoms with Crippen molar-refractivity contribution in [2.24, 2.45) is 0 Å². The van der Waals surface area contributed by atoms with Gasteiger partial charge in [-0.2, -0.15) is 26.3 Å². The van der Waals surface area contributed by atoms with Crippen molar-refractivity contribution in [2.75, 3.05) is 18.0 Å². The zero-order valence-electron chi connectivity index (χ0n) is 13.3. The Bertz CT molecular complexity index is 818. The van der Waals surface area contributed by atoms with E-state index in [4.69, 9.17) is 21.7 Å². The molecule has 0 atom stereocenters. The lowest BCUT2D eigenvalue weighted by Gasteiger charge is -2.25. The Hall–Kier alpha value is -1.86. The molecule has 0 saturated carbocycles. The van der Waals surface area contributed by atoms with E-state index in [0.717, 1.165) is 18.9 Å². The molecule has 1 aliphatic heterocycles. The highest BCUT2D eigenvalue weighted by atomic mass is 35.5. The van der Waals surface area contributed by atoms with Crippen molar-refractivity contribution in [3.63, 3.8) is 0 Å². The SMILES string of the molecule is N#[N+]c1ccc(N2CCCC2)c(OC2=C(Cl)C(F)(F)C(F)(F)C2(F)F)c1.[Cl-]. The van der Waals surface area contributed by atoms with Crippen LogP contribution in [0.5, 0.6) is 5.75 Å². The lowest BCUT2D eigenvalue weighted by Crippen LogP contribution is -3.00. The molecule has 4 nitrogen and oxygen atoms in total. The summed E-state index contributed by atoms with van der Waals surface area (Å²) >= 11 is 5.13. The molecule has 1 saturated heterocycles. The standard InChI is InChI=1S/C15H11ClF6N3O.ClH/c16-11-12(14(19,20)15(21,22)13(11,17)18)26-10-7-8(24-23)3-4-9(10)25-5-1-2-6-25;/h3-4,7H,1-2,5-6H2;1H/q+1;/p-1. The molecule has 1 heterocycles. The van der Waals surface area contributed by atoms with E-state index in [1.165, 1.54) is 12.1 Å². The predicted octanol–water partition coefficient (Wildman–Crippen LogP) is 2.52. The second-order valence-corrected chi connectivity index (χ2v) is 6.29. The van der Waals surface area contributed by atoms with Gasteiger partial charge in [-0.05, 0) is 18.9 Å². The van der Waals surface area contributed by atoms with Crippen LogP contribution in [0.2, 0.25) is 0 Å². The summed E-state index contributed by atoms with van der Waals surface area (Å²) in [5.41, 5.74) is 0.0701. The topological polar surface area (TPSA) is 40.6 Å². The first-order valence-electron chi connectivity index (χ1n) is 7.50. The Balaban J connectivity index is 0.00000261. The van der Waals surface area contributed by atoms with Gasteiger partial charge >= 0.3 is 23.5 Å². The van der Waals surface area contributed by atoms with E-state index in [1.54, 1.807) is 4.90 Å². The molecule has 3 rings (SSSR count). The maximum atomic E-state index is 13.9. The van der Waals surface area contributed by atoms with Crippen molar-refractivity contribution in [3.05, 3.63) is 34.0 Å². The number of benzene rings is 1. The maximum Gasteiger partial charge on any atom is 0.388 e. The number of anilines is 1. The number of nitrogens with zero attached hydrogens (tertiary/aromatic N) is 3. The fraction of sp³-hybridized carbons (Fsp3) is 0.467. The predicted molar refractivity (Wildman–Crippen MR) is 81.0 cm³/mol. The van der Waals surface area contributed by atoms with E-state index in [-0.39, 0.29) is 23.8 Å². The fourth-order valence-corrected chi connectivity index (χ4v) is 3.12. The van der Waals surface area contributed by atoms with E-state index in [0.29, 0.717) is 13.1 Å². The zero-order valence-corrected chi connectivity index (χ0v) is 14.8. The molecule has 0 bridgehead atoms. The smallest absolute Gasteiger partial charge is 0.388 e. The lowest BCUT2D eigenvalue weighted by atomic mass is 10.1. The third kappa shape index (κ3) is 3.06. The van der Waals surface area contributed by atoms with Gasteiger partial charge in [-0.3, -0.25) is 0 Å². The van der Waals surface area contributed by atoms with Gasteiger partial charge < -0.3 is 22.0 Å². The van der Waals surface area contributed by atoms with Crippen LogP contribution in [0.3, 0.4) is 0 Å². The van der Waals surface area contributed by atoms with Crippen molar-refractivity contribution in [1.82, 2.24) is 0 Å². The summed E-state index contributed by atoms with van der Waals surface area (Å²) in [5, 5.41) is 6.77. The van der Waals surface area contributed by atoms with Gasteiger partial charge in [0.25, 0.3) is 0 Å². The number of hydrogen-bond donors (Lipinski definition) is 0. The zero-order chi connectivity index (χ0) is 19.3. The quantitative estimate of drug-likeness (QED) is 0.543. The minimum atomic E-state index is -5.74. The summed E-state index contributed by atoms with van der Waals surface area (Å²) in [7, 11) is 0. The van der Waals surface area contributed by atoms with Crippen LogP contribution in [-0.4, -0.2) is 30.9 Å². The molecular weight excluding hydrogens is 423 g/mol. The molecule has 1 aliphatic carbocycles. The summed E-state index contributed by atoms with van der Waals surface area (Å²) in [4.78, 5) is 4.56. The van der Waals surface area contributed by atoms with E-state index in [9.17, 15) is 26.3 Å². The third-order valence-corrected chi connectivity index (χ3v) is 4.68. The number of hydrogen-bond acceptors (Lipinski definition) is 3. The molecule has 2 aliphatic rings. The Labute approximate surface area is 160 Å². The van der Waals surface area contributed by atoms with Crippen LogP contribution in [0.1, 0.15) is 12.8 Å². The maximum absolute atomic E-state index is 13.9. The largest absolute Gasteiger partial charge is 1.00 e. The molecule has 0 spiro atoms. The highest BCUT2D eigenvalue weighted by molar-refractivity contribution is 6.31. The second kappa shape index (κ2) is 6.95. The molecule has 148 valence electrons. The van der Waals surface area contributed by atoms with Crippen molar-refractivity contribution in [1.29, 1.82) is 5.39 Å². The first-order chi connectivity index (χ1) is 12.0. The Morgan fingerprint density at radius 2 is 1.63 bits per heavy atom. The number of rotatable bonds is 3. The van der Waals surface area contributed by atoms with Crippen molar-refractivity contribution in [3.8, 4) is 5.75 Å². The van der Waals surface area contributed by atoms with E-state index >= 15 is 0 Å². The lowest BCUT2D eigenvalue weighted by molar-refractivity contribution is -0.268. The number of halogens is 8. The molecule has 0 N–H and O–H groups in total. The monoisotopic (exact) mass is 433 g/mol. The molecule has 0 amide bonds. The average molecular weight is 434 g/mol.